The van der Waals surface area contributed by atoms with Crippen molar-refractivity contribution in [2.24, 2.45) is 5.73 Å². The van der Waals surface area contributed by atoms with Crippen LogP contribution < -0.4 is 10.5 Å². The molecular weight excluding hydrogens is 337 g/mol. The van der Waals surface area contributed by atoms with Crippen LogP contribution in [0.5, 0.6) is 5.75 Å². The maximum Gasteiger partial charge on any atom is 0.264 e. The fourth-order valence-corrected chi connectivity index (χ4v) is 2.11. The second kappa shape index (κ2) is 6.67. The second-order valence-electron chi connectivity index (χ2n) is 4.79. The highest BCUT2D eigenvalue weighted by molar-refractivity contribution is 6.30. The predicted octanol–water partition coefficient (Wildman–Crippen LogP) is 3.21. The van der Waals surface area contributed by atoms with Crippen LogP contribution in [0.2, 0.25) is 5.02 Å². The number of hydrogen-bond donors (Lipinski definition) is 1. The fraction of sp³-hybridized carbons (Fsp3) is 0.0625. The van der Waals surface area contributed by atoms with Crippen LogP contribution in [0.15, 0.2) is 47.0 Å². The quantitative estimate of drug-likeness (QED) is 0.765. The van der Waals surface area contributed by atoms with Crippen LogP contribution in [0.4, 0.5) is 4.39 Å². The SMILES string of the molecule is NC(=O)c1cccc(OCc2nc(-c3ccc(Cl)cc3)no2)c1F. The lowest BCUT2D eigenvalue weighted by atomic mass is 10.2. The van der Waals surface area contributed by atoms with E-state index in [9.17, 15) is 9.18 Å². The summed E-state index contributed by atoms with van der Waals surface area (Å²) in [4.78, 5) is 15.3. The molecule has 0 saturated heterocycles. The van der Waals surface area contributed by atoms with Gasteiger partial charge in [-0.1, -0.05) is 22.8 Å². The van der Waals surface area contributed by atoms with E-state index < -0.39 is 11.7 Å². The smallest absolute Gasteiger partial charge is 0.264 e. The molecule has 122 valence electrons. The lowest BCUT2D eigenvalue weighted by Gasteiger charge is -2.06. The molecule has 0 unspecified atom stereocenters. The van der Waals surface area contributed by atoms with Gasteiger partial charge < -0.3 is 15.0 Å². The summed E-state index contributed by atoms with van der Waals surface area (Å²) in [5, 5.41) is 4.41. The largest absolute Gasteiger partial charge is 0.481 e. The van der Waals surface area contributed by atoms with Crippen LogP contribution >= 0.6 is 11.6 Å². The summed E-state index contributed by atoms with van der Waals surface area (Å²) in [7, 11) is 0. The molecule has 24 heavy (non-hydrogen) atoms. The number of halogens is 2. The number of nitrogens with zero attached hydrogens (tertiary/aromatic N) is 2. The number of carbonyl (C=O) groups is 1. The first-order valence-electron chi connectivity index (χ1n) is 6.84. The van der Waals surface area contributed by atoms with Gasteiger partial charge in [0, 0.05) is 10.6 Å². The van der Waals surface area contributed by atoms with Crippen molar-refractivity contribution < 1.29 is 18.4 Å². The number of carbonyl (C=O) groups excluding carboxylic acids is 1. The van der Waals surface area contributed by atoms with E-state index in [0.717, 1.165) is 5.56 Å². The molecule has 2 aromatic carbocycles. The molecule has 0 saturated carbocycles. The van der Waals surface area contributed by atoms with Crippen LogP contribution in [-0.2, 0) is 6.61 Å². The second-order valence-corrected chi connectivity index (χ2v) is 5.23. The maximum absolute atomic E-state index is 14.0. The molecule has 0 aliphatic rings. The summed E-state index contributed by atoms with van der Waals surface area (Å²) in [6.07, 6.45) is 0. The Morgan fingerprint density at radius 2 is 2.00 bits per heavy atom. The minimum atomic E-state index is -0.874. The molecular formula is C16H11ClFN3O3. The molecule has 6 nitrogen and oxygen atoms in total. The van der Waals surface area contributed by atoms with Crippen molar-refractivity contribution >= 4 is 17.5 Å². The predicted molar refractivity (Wildman–Crippen MR) is 84.0 cm³/mol. The number of ether oxygens (including phenoxy) is 1. The molecule has 0 bridgehead atoms. The average Bonchev–Trinajstić information content (AvgIpc) is 3.03. The van der Waals surface area contributed by atoms with Crippen molar-refractivity contribution in [2.75, 3.05) is 0 Å². The summed E-state index contributed by atoms with van der Waals surface area (Å²) in [6.45, 7) is -0.153. The van der Waals surface area contributed by atoms with Crippen molar-refractivity contribution in [3.05, 3.63) is 64.8 Å². The summed E-state index contributed by atoms with van der Waals surface area (Å²) in [5.41, 5.74) is 5.55. The van der Waals surface area contributed by atoms with Crippen molar-refractivity contribution in [3.63, 3.8) is 0 Å². The first-order valence-corrected chi connectivity index (χ1v) is 7.22. The Kier molecular flexibility index (Phi) is 4.43. The molecule has 3 aromatic rings. The van der Waals surface area contributed by atoms with E-state index in [1.807, 2.05) is 0 Å². The van der Waals surface area contributed by atoms with Gasteiger partial charge >= 0.3 is 0 Å². The van der Waals surface area contributed by atoms with Crippen LogP contribution in [0.25, 0.3) is 11.4 Å². The standard InChI is InChI=1S/C16H11ClFN3O3/c17-10-6-4-9(5-7-10)16-20-13(24-21-16)8-23-12-3-1-2-11(14(12)18)15(19)22/h1-7H,8H2,(H2,19,22). The van der Waals surface area contributed by atoms with Gasteiger partial charge in [-0.15, -0.1) is 0 Å². The number of nitrogens with two attached hydrogens (primary N) is 1. The molecule has 0 fully saturated rings. The van der Waals surface area contributed by atoms with Crippen molar-refractivity contribution in [1.29, 1.82) is 0 Å². The van der Waals surface area contributed by atoms with Gasteiger partial charge in [0.1, 0.15) is 0 Å². The fourth-order valence-electron chi connectivity index (χ4n) is 1.98. The summed E-state index contributed by atoms with van der Waals surface area (Å²) >= 11 is 5.82. The molecule has 1 amide bonds. The van der Waals surface area contributed by atoms with Gasteiger partial charge in [-0.05, 0) is 36.4 Å². The summed E-state index contributed by atoms with van der Waals surface area (Å²) < 4.78 is 24.4. The van der Waals surface area contributed by atoms with Gasteiger partial charge in [0.05, 0.1) is 5.56 Å². The maximum atomic E-state index is 14.0. The van der Waals surface area contributed by atoms with E-state index in [0.29, 0.717) is 10.8 Å². The summed E-state index contributed by atoms with van der Waals surface area (Å²) in [5.74, 6) is -1.32. The highest BCUT2D eigenvalue weighted by Gasteiger charge is 2.15. The van der Waals surface area contributed by atoms with Crippen molar-refractivity contribution in [1.82, 2.24) is 10.1 Å². The Balaban J connectivity index is 1.73. The minimum absolute atomic E-state index is 0.127. The third-order valence-electron chi connectivity index (χ3n) is 3.15. The lowest BCUT2D eigenvalue weighted by Crippen LogP contribution is -2.13. The monoisotopic (exact) mass is 347 g/mol. The van der Waals surface area contributed by atoms with Crippen LogP contribution in [0.1, 0.15) is 16.2 Å². The average molecular weight is 348 g/mol. The number of benzene rings is 2. The zero-order valence-corrected chi connectivity index (χ0v) is 13.0. The molecule has 1 aromatic heterocycles. The van der Waals surface area contributed by atoms with E-state index >= 15 is 0 Å². The van der Waals surface area contributed by atoms with Gasteiger partial charge in [0.25, 0.3) is 11.8 Å². The van der Waals surface area contributed by atoms with E-state index in [2.05, 4.69) is 10.1 Å². The Hall–Kier alpha value is -2.93. The zero-order chi connectivity index (χ0) is 17.1. The van der Waals surface area contributed by atoms with E-state index in [4.69, 9.17) is 26.6 Å². The Labute approximate surface area is 141 Å². The number of rotatable bonds is 5. The highest BCUT2D eigenvalue weighted by Crippen LogP contribution is 2.22. The minimum Gasteiger partial charge on any atom is -0.481 e. The number of aromatic nitrogens is 2. The molecule has 0 spiro atoms. The van der Waals surface area contributed by atoms with Gasteiger partial charge in [-0.2, -0.15) is 4.98 Å². The Bertz CT molecular complexity index is 881. The molecule has 0 radical (unpaired) electrons. The third-order valence-corrected chi connectivity index (χ3v) is 3.40. The van der Waals surface area contributed by atoms with Gasteiger partial charge in [-0.3, -0.25) is 4.79 Å². The molecule has 0 aliphatic carbocycles. The van der Waals surface area contributed by atoms with Crippen molar-refractivity contribution in [3.8, 4) is 17.1 Å². The molecule has 8 heteroatoms. The number of hydrogen-bond acceptors (Lipinski definition) is 5. The van der Waals surface area contributed by atoms with E-state index in [1.54, 1.807) is 24.3 Å². The number of amides is 1. The molecule has 3 rings (SSSR count). The zero-order valence-electron chi connectivity index (χ0n) is 12.2. The molecule has 0 aliphatic heterocycles. The van der Waals surface area contributed by atoms with Crippen LogP contribution in [-0.4, -0.2) is 16.0 Å². The Morgan fingerprint density at radius 1 is 1.25 bits per heavy atom. The van der Waals surface area contributed by atoms with Crippen LogP contribution in [0, 0.1) is 5.82 Å². The van der Waals surface area contributed by atoms with E-state index in [1.165, 1.54) is 18.2 Å². The lowest BCUT2D eigenvalue weighted by molar-refractivity contribution is 0.0995. The van der Waals surface area contributed by atoms with Crippen LogP contribution in [0.3, 0.4) is 0 Å². The topological polar surface area (TPSA) is 91.2 Å². The first-order chi connectivity index (χ1) is 11.5. The summed E-state index contributed by atoms with van der Waals surface area (Å²) in [6, 6.07) is 11.0. The Morgan fingerprint density at radius 3 is 2.71 bits per heavy atom. The van der Waals surface area contributed by atoms with Gasteiger partial charge in [0.15, 0.2) is 18.2 Å². The molecule has 1 heterocycles. The van der Waals surface area contributed by atoms with E-state index in [-0.39, 0.29) is 23.8 Å². The van der Waals surface area contributed by atoms with Gasteiger partial charge in [0.2, 0.25) is 5.82 Å². The molecule has 0 atom stereocenters. The number of primary amides is 1. The highest BCUT2D eigenvalue weighted by atomic mass is 35.5. The normalized spacial score (nSPS) is 10.6. The van der Waals surface area contributed by atoms with Crippen molar-refractivity contribution in [2.45, 2.75) is 6.61 Å². The first kappa shape index (κ1) is 15.9. The third kappa shape index (κ3) is 3.36. The van der Waals surface area contributed by atoms with Gasteiger partial charge in [-0.25, -0.2) is 4.39 Å². The molecule has 2 N–H and O–H groups in total.